The van der Waals surface area contributed by atoms with E-state index in [-0.39, 0.29) is 6.79 Å². The largest absolute Gasteiger partial charge is 0.466 e. The predicted octanol–water partition coefficient (Wildman–Crippen LogP) is 2.30. The Kier molecular flexibility index (Phi) is 3.74. The molecule has 0 aliphatic rings. The summed E-state index contributed by atoms with van der Waals surface area (Å²) in [5, 5.41) is 8.63. The van der Waals surface area contributed by atoms with Gasteiger partial charge in [0.2, 0.25) is 0 Å². The van der Waals surface area contributed by atoms with Gasteiger partial charge in [0.1, 0.15) is 5.75 Å². The van der Waals surface area contributed by atoms with Crippen LogP contribution in [0.1, 0.15) is 5.56 Å². The van der Waals surface area contributed by atoms with E-state index in [4.69, 9.17) is 14.7 Å². The van der Waals surface area contributed by atoms with Crippen molar-refractivity contribution in [3.05, 3.63) is 28.2 Å². The maximum absolute atomic E-state index is 8.63. The number of hydrogen-bond acceptors (Lipinski definition) is 3. The zero-order valence-corrected chi connectivity index (χ0v) is 8.67. The van der Waals surface area contributed by atoms with E-state index in [1.807, 2.05) is 6.07 Å². The Morgan fingerprint density at radius 1 is 1.54 bits per heavy atom. The van der Waals surface area contributed by atoms with Gasteiger partial charge >= 0.3 is 0 Å². The average molecular weight is 242 g/mol. The molecule has 0 aromatic heterocycles. The van der Waals surface area contributed by atoms with Crippen LogP contribution in [0.4, 0.5) is 0 Å². The number of benzene rings is 1. The summed E-state index contributed by atoms with van der Waals surface area (Å²) in [6.45, 7) is 0.174. The Balaban J connectivity index is 2.85. The van der Waals surface area contributed by atoms with Crippen LogP contribution in [0.25, 0.3) is 0 Å². The molecule has 0 fully saturated rings. The topological polar surface area (TPSA) is 42.2 Å². The van der Waals surface area contributed by atoms with E-state index in [1.165, 1.54) is 0 Å². The average Bonchev–Trinajstić information content (AvgIpc) is 2.17. The lowest BCUT2D eigenvalue weighted by molar-refractivity contribution is 0.0506. The number of methoxy groups -OCH3 is 1. The van der Waals surface area contributed by atoms with Gasteiger partial charge in [-0.05, 0) is 34.1 Å². The van der Waals surface area contributed by atoms with Crippen LogP contribution in [0.15, 0.2) is 22.7 Å². The maximum Gasteiger partial charge on any atom is 0.188 e. The Labute approximate surface area is 85.0 Å². The zero-order chi connectivity index (χ0) is 9.68. The van der Waals surface area contributed by atoms with Gasteiger partial charge in [0.15, 0.2) is 6.79 Å². The molecule has 0 saturated heterocycles. The lowest BCUT2D eigenvalue weighted by atomic mass is 10.2. The van der Waals surface area contributed by atoms with Crippen molar-refractivity contribution in [1.82, 2.24) is 0 Å². The highest BCUT2D eigenvalue weighted by molar-refractivity contribution is 9.10. The van der Waals surface area contributed by atoms with Crippen molar-refractivity contribution >= 4 is 15.9 Å². The van der Waals surface area contributed by atoms with E-state index in [0.29, 0.717) is 11.3 Å². The Hall–Kier alpha value is -1.05. The van der Waals surface area contributed by atoms with Crippen molar-refractivity contribution < 1.29 is 9.47 Å². The fraction of sp³-hybridized carbons (Fsp3) is 0.222. The monoisotopic (exact) mass is 241 g/mol. The molecule has 0 aliphatic carbocycles. The fourth-order valence-corrected chi connectivity index (χ4v) is 1.17. The van der Waals surface area contributed by atoms with E-state index in [9.17, 15) is 0 Å². The Morgan fingerprint density at radius 2 is 2.31 bits per heavy atom. The molecule has 0 heterocycles. The number of nitriles is 1. The Bertz CT molecular complexity index is 333. The van der Waals surface area contributed by atoms with Crippen LogP contribution in [0.2, 0.25) is 0 Å². The van der Waals surface area contributed by atoms with Gasteiger partial charge in [0, 0.05) is 7.11 Å². The van der Waals surface area contributed by atoms with Crippen LogP contribution in [0, 0.1) is 11.3 Å². The van der Waals surface area contributed by atoms with Crippen LogP contribution in [0.3, 0.4) is 0 Å². The molecule has 0 atom stereocenters. The number of ether oxygens (including phenoxy) is 2. The molecule has 68 valence electrons. The summed E-state index contributed by atoms with van der Waals surface area (Å²) < 4.78 is 10.8. The Morgan fingerprint density at radius 3 is 2.92 bits per heavy atom. The molecule has 0 bridgehead atoms. The van der Waals surface area contributed by atoms with Gasteiger partial charge in [-0.25, -0.2) is 0 Å². The lowest BCUT2D eigenvalue weighted by Gasteiger charge is -2.06. The molecule has 0 amide bonds. The fourth-order valence-electron chi connectivity index (χ4n) is 0.806. The molecule has 3 nitrogen and oxygen atoms in total. The summed E-state index contributed by atoms with van der Waals surface area (Å²) in [5.41, 5.74) is 0.564. The summed E-state index contributed by atoms with van der Waals surface area (Å²) in [4.78, 5) is 0. The van der Waals surface area contributed by atoms with Crippen LogP contribution in [-0.4, -0.2) is 13.9 Å². The number of nitrogens with zero attached hydrogens (tertiary/aromatic N) is 1. The predicted molar refractivity (Wildman–Crippen MR) is 51.4 cm³/mol. The zero-order valence-electron chi connectivity index (χ0n) is 7.08. The third-order valence-electron chi connectivity index (χ3n) is 1.39. The summed E-state index contributed by atoms with van der Waals surface area (Å²) in [6, 6.07) is 7.16. The van der Waals surface area contributed by atoms with Crippen LogP contribution >= 0.6 is 15.9 Å². The molecule has 0 aliphatic heterocycles. The SMILES string of the molecule is COCOc1cc(C#N)ccc1Br. The number of rotatable bonds is 3. The van der Waals surface area contributed by atoms with E-state index in [1.54, 1.807) is 25.3 Å². The van der Waals surface area contributed by atoms with Crippen LogP contribution < -0.4 is 4.74 Å². The minimum Gasteiger partial charge on any atom is -0.466 e. The molecule has 0 spiro atoms. The molecule has 0 radical (unpaired) electrons. The van der Waals surface area contributed by atoms with E-state index in [2.05, 4.69) is 15.9 Å². The van der Waals surface area contributed by atoms with Gasteiger partial charge in [-0.2, -0.15) is 5.26 Å². The minimum atomic E-state index is 0.174. The number of halogens is 1. The van der Waals surface area contributed by atoms with Crippen LogP contribution in [-0.2, 0) is 4.74 Å². The summed E-state index contributed by atoms with van der Waals surface area (Å²) in [7, 11) is 1.54. The lowest BCUT2D eigenvalue weighted by Crippen LogP contribution is -1.99. The first-order chi connectivity index (χ1) is 6.27. The molecule has 1 aromatic rings. The molecule has 4 heteroatoms. The van der Waals surface area contributed by atoms with E-state index >= 15 is 0 Å². The van der Waals surface area contributed by atoms with Crippen LogP contribution in [0.5, 0.6) is 5.75 Å². The second-order valence-corrected chi connectivity index (χ2v) is 3.16. The third-order valence-corrected chi connectivity index (χ3v) is 2.05. The summed E-state index contributed by atoms with van der Waals surface area (Å²) in [5.74, 6) is 0.612. The maximum atomic E-state index is 8.63. The molecular weight excluding hydrogens is 234 g/mol. The highest BCUT2D eigenvalue weighted by Crippen LogP contribution is 2.25. The number of hydrogen-bond donors (Lipinski definition) is 0. The van der Waals surface area contributed by atoms with Gasteiger partial charge in [-0.15, -0.1) is 0 Å². The highest BCUT2D eigenvalue weighted by atomic mass is 79.9. The molecular formula is C9H8BrNO2. The van der Waals surface area contributed by atoms with E-state index < -0.39 is 0 Å². The molecule has 1 rings (SSSR count). The van der Waals surface area contributed by atoms with Crippen molar-refractivity contribution in [3.63, 3.8) is 0 Å². The first kappa shape index (κ1) is 10.0. The van der Waals surface area contributed by atoms with Crippen molar-refractivity contribution in [2.45, 2.75) is 0 Å². The molecule has 0 unspecified atom stereocenters. The summed E-state index contributed by atoms with van der Waals surface area (Å²) in [6.07, 6.45) is 0. The highest BCUT2D eigenvalue weighted by Gasteiger charge is 2.01. The van der Waals surface area contributed by atoms with E-state index in [0.717, 1.165) is 4.47 Å². The third kappa shape index (κ3) is 2.72. The second kappa shape index (κ2) is 4.85. The first-order valence-corrected chi connectivity index (χ1v) is 4.38. The minimum absolute atomic E-state index is 0.174. The first-order valence-electron chi connectivity index (χ1n) is 3.59. The van der Waals surface area contributed by atoms with Gasteiger partial charge in [0.05, 0.1) is 16.1 Å². The normalized spacial score (nSPS) is 9.31. The van der Waals surface area contributed by atoms with Gasteiger partial charge in [-0.1, -0.05) is 0 Å². The standard InChI is InChI=1S/C9H8BrNO2/c1-12-6-13-9-4-7(5-11)2-3-8(9)10/h2-4H,6H2,1H3. The van der Waals surface area contributed by atoms with Crippen molar-refractivity contribution in [2.24, 2.45) is 0 Å². The van der Waals surface area contributed by atoms with Crippen molar-refractivity contribution in [2.75, 3.05) is 13.9 Å². The second-order valence-electron chi connectivity index (χ2n) is 2.31. The summed E-state index contributed by atoms with van der Waals surface area (Å²) >= 11 is 3.30. The molecule has 13 heavy (non-hydrogen) atoms. The quantitative estimate of drug-likeness (QED) is 0.763. The molecule has 0 saturated carbocycles. The van der Waals surface area contributed by atoms with Gasteiger partial charge in [-0.3, -0.25) is 0 Å². The smallest absolute Gasteiger partial charge is 0.188 e. The molecule has 1 aromatic carbocycles. The molecule has 0 N–H and O–H groups in total. The van der Waals surface area contributed by atoms with Gasteiger partial charge < -0.3 is 9.47 Å². The van der Waals surface area contributed by atoms with Gasteiger partial charge in [0.25, 0.3) is 0 Å². The van der Waals surface area contributed by atoms with Crippen molar-refractivity contribution in [1.29, 1.82) is 5.26 Å². The van der Waals surface area contributed by atoms with Crippen molar-refractivity contribution in [3.8, 4) is 11.8 Å².